The molecule has 164 valence electrons. The molecule has 0 unspecified atom stereocenters. The van der Waals surface area contributed by atoms with Gasteiger partial charge in [0.25, 0.3) is 5.91 Å². The van der Waals surface area contributed by atoms with Gasteiger partial charge in [0.05, 0.1) is 12.8 Å². The number of ether oxygens (including phenoxy) is 1. The Hall–Kier alpha value is -4.28. The summed E-state index contributed by atoms with van der Waals surface area (Å²) >= 11 is 5.93. The first kappa shape index (κ1) is 21.9. The molecule has 7 nitrogen and oxygen atoms in total. The minimum absolute atomic E-state index is 0.0939. The van der Waals surface area contributed by atoms with Crippen molar-refractivity contribution in [2.45, 2.75) is 0 Å². The lowest BCUT2D eigenvalue weighted by molar-refractivity contribution is -0.127. The molecule has 3 aromatic rings. The summed E-state index contributed by atoms with van der Waals surface area (Å²) in [5.41, 5.74) is 3.17. The van der Waals surface area contributed by atoms with E-state index in [2.05, 4.69) is 22.8 Å². The van der Waals surface area contributed by atoms with Crippen LogP contribution >= 0.6 is 11.6 Å². The van der Waals surface area contributed by atoms with Crippen LogP contribution in [0.3, 0.4) is 0 Å². The van der Waals surface area contributed by atoms with Gasteiger partial charge in [-0.2, -0.15) is 0 Å². The maximum Gasteiger partial charge on any atom is 0.329 e. The number of anilines is 1. The number of methoxy groups -OCH3 is 1. The Labute approximate surface area is 195 Å². The number of hydrogen-bond acceptors (Lipinski definition) is 4. The Balaban J connectivity index is 1.41. The zero-order valence-corrected chi connectivity index (χ0v) is 18.3. The van der Waals surface area contributed by atoms with E-state index in [-0.39, 0.29) is 5.70 Å². The summed E-state index contributed by atoms with van der Waals surface area (Å²) < 4.78 is 4.99. The number of carbonyl (C=O) groups excluding carboxylic acids is 3. The van der Waals surface area contributed by atoms with Crippen molar-refractivity contribution in [3.63, 3.8) is 0 Å². The Morgan fingerprint density at radius 3 is 2.30 bits per heavy atom. The Morgan fingerprint density at radius 2 is 1.70 bits per heavy atom. The van der Waals surface area contributed by atoms with Gasteiger partial charge in [0.15, 0.2) is 5.75 Å². The molecule has 33 heavy (non-hydrogen) atoms. The molecule has 1 aliphatic heterocycles. The SMILES string of the molecule is COc1c#cc(NC(=O)CN2C(=O)N/C(=C\c3ccc(-c4ccc(Cl)cc4)cc3)C2=O)cc1. The Kier molecular flexibility index (Phi) is 6.29. The van der Waals surface area contributed by atoms with Crippen LogP contribution in [0.4, 0.5) is 10.5 Å². The third-order valence-electron chi connectivity index (χ3n) is 4.88. The standard InChI is InChI=1S/C25H18ClN3O4/c1-33-21-12-10-20(11-13-21)27-23(30)15-29-24(31)22(28-25(29)32)14-16-2-4-17(5-3-16)18-6-8-19(26)9-7-18/h2-10,12,14H,15H2,1H3,(H,27,30)(H,28,32)/b22-14-. The summed E-state index contributed by atoms with van der Waals surface area (Å²) in [6.07, 6.45) is 1.57. The van der Waals surface area contributed by atoms with Crippen LogP contribution in [0, 0.1) is 12.1 Å². The number of hydrogen-bond donors (Lipinski definition) is 2. The first-order valence-electron chi connectivity index (χ1n) is 9.91. The minimum Gasteiger partial charge on any atom is -0.489 e. The van der Waals surface area contributed by atoms with Gasteiger partial charge in [-0.25, -0.2) is 9.69 Å². The summed E-state index contributed by atoms with van der Waals surface area (Å²) in [5, 5.41) is 5.74. The first-order valence-corrected chi connectivity index (χ1v) is 10.3. The van der Waals surface area contributed by atoms with Gasteiger partial charge in [0.2, 0.25) is 5.91 Å². The van der Waals surface area contributed by atoms with Crippen LogP contribution in [0.2, 0.25) is 5.02 Å². The van der Waals surface area contributed by atoms with Crippen molar-refractivity contribution < 1.29 is 19.1 Å². The highest BCUT2D eigenvalue weighted by molar-refractivity contribution is 6.30. The topological polar surface area (TPSA) is 87.7 Å². The van der Waals surface area contributed by atoms with E-state index in [1.807, 2.05) is 48.5 Å². The van der Waals surface area contributed by atoms with E-state index in [9.17, 15) is 14.4 Å². The molecule has 1 saturated heterocycles. The highest BCUT2D eigenvalue weighted by Crippen LogP contribution is 2.23. The Bertz CT molecular complexity index is 1220. The van der Waals surface area contributed by atoms with Crippen molar-refractivity contribution in [1.82, 2.24) is 10.2 Å². The second-order valence-electron chi connectivity index (χ2n) is 7.12. The van der Waals surface area contributed by atoms with Crippen molar-refractivity contribution in [3.05, 3.63) is 89.1 Å². The maximum absolute atomic E-state index is 12.7. The minimum atomic E-state index is -0.663. The first-order chi connectivity index (χ1) is 15.9. The molecule has 0 radical (unpaired) electrons. The van der Waals surface area contributed by atoms with E-state index in [0.717, 1.165) is 21.6 Å². The van der Waals surface area contributed by atoms with Crippen LogP contribution in [0.5, 0.6) is 5.75 Å². The molecule has 3 aromatic carbocycles. The predicted octanol–water partition coefficient (Wildman–Crippen LogP) is 4.15. The highest BCUT2D eigenvalue weighted by Gasteiger charge is 2.34. The number of halogens is 1. The van der Waals surface area contributed by atoms with Crippen molar-refractivity contribution in [2.24, 2.45) is 0 Å². The monoisotopic (exact) mass is 459 g/mol. The summed E-state index contributed by atoms with van der Waals surface area (Å²) in [5.74, 6) is -0.651. The summed E-state index contributed by atoms with van der Waals surface area (Å²) in [4.78, 5) is 38.1. The largest absolute Gasteiger partial charge is 0.489 e. The lowest BCUT2D eigenvalue weighted by Gasteiger charge is -2.11. The van der Waals surface area contributed by atoms with Gasteiger partial charge in [-0.1, -0.05) is 48.0 Å². The maximum atomic E-state index is 12.7. The molecule has 1 aliphatic rings. The average molecular weight is 460 g/mol. The fourth-order valence-electron chi connectivity index (χ4n) is 3.19. The summed E-state index contributed by atoms with van der Waals surface area (Å²) in [7, 11) is 1.49. The van der Waals surface area contributed by atoms with Gasteiger partial charge < -0.3 is 15.4 Å². The number of rotatable bonds is 6. The van der Waals surface area contributed by atoms with E-state index in [0.29, 0.717) is 16.5 Å². The van der Waals surface area contributed by atoms with Gasteiger partial charge >= 0.3 is 6.03 Å². The fourth-order valence-corrected chi connectivity index (χ4v) is 3.32. The van der Waals surface area contributed by atoms with Crippen LogP contribution in [0.1, 0.15) is 5.56 Å². The predicted molar refractivity (Wildman–Crippen MR) is 124 cm³/mol. The number of benzene rings is 2. The number of urea groups is 1. The summed E-state index contributed by atoms with van der Waals surface area (Å²) in [6, 6.07) is 22.9. The average Bonchev–Trinajstić information content (AvgIpc) is 3.08. The van der Waals surface area contributed by atoms with Crippen molar-refractivity contribution >= 4 is 41.2 Å². The van der Waals surface area contributed by atoms with E-state index in [1.54, 1.807) is 18.2 Å². The number of carbonyl (C=O) groups is 3. The molecule has 1 fully saturated rings. The molecule has 2 N–H and O–H groups in total. The Morgan fingerprint density at radius 1 is 1.03 bits per heavy atom. The molecule has 1 heterocycles. The highest BCUT2D eigenvalue weighted by atomic mass is 35.5. The van der Waals surface area contributed by atoms with Crippen LogP contribution in [0.15, 0.2) is 66.4 Å². The van der Waals surface area contributed by atoms with E-state index in [4.69, 9.17) is 16.3 Å². The quantitative estimate of drug-likeness (QED) is 0.428. The molecule has 0 saturated carbocycles. The molecule has 0 spiro atoms. The van der Waals surface area contributed by atoms with Crippen molar-refractivity contribution in [1.29, 1.82) is 0 Å². The van der Waals surface area contributed by atoms with Crippen LogP contribution in [-0.2, 0) is 9.59 Å². The molecule has 0 atom stereocenters. The lowest BCUT2D eigenvalue weighted by Crippen LogP contribution is -2.38. The number of imide groups is 1. The molecule has 8 heteroatoms. The normalized spacial score (nSPS) is 14.1. The number of amides is 4. The van der Waals surface area contributed by atoms with E-state index < -0.39 is 24.4 Å². The fraction of sp³-hybridized carbons (Fsp3) is 0.0800. The molecular formula is C25H18ClN3O4. The van der Waals surface area contributed by atoms with Crippen LogP contribution in [0.25, 0.3) is 17.2 Å². The second-order valence-corrected chi connectivity index (χ2v) is 7.56. The molecule has 4 amide bonds. The van der Waals surface area contributed by atoms with Crippen LogP contribution in [-0.4, -0.2) is 36.4 Å². The molecular weight excluding hydrogens is 442 g/mol. The third-order valence-corrected chi connectivity index (χ3v) is 5.13. The van der Waals surface area contributed by atoms with Gasteiger partial charge in [-0.15, -0.1) is 0 Å². The van der Waals surface area contributed by atoms with Gasteiger partial charge in [-0.3, -0.25) is 9.59 Å². The third kappa shape index (κ3) is 5.14. The summed E-state index contributed by atoms with van der Waals surface area (Å²) in [6.45, 7) is -0.433. The van der Waals surface area contributed by atoms with Gasteiger partial charge in [-0.05, 0) is 59.2 Å². The number of nitrogens with one attached hydrogen (secondary N) is 2. The molecule has 0 aromatic heterocycles. The molecule has 0 bridgehead atoms. The van der Waals surface area contributed by atoms with Gasteiger partial charge in [0.1, 0.15) is 12.2 Å². The van der Waals surface area contributed by atoms with E-state index in [1.165, 1.54) is 7.11 Å². The second kappa shape index (κ2) is 9.47. The molecule has 4 rings (SSSR count). The van der Waals surface area contributed by atoms with Gasteiger partial charge in [0, 0.05) is 5.02 Å². The lowest BCUT2D eigenvalue weighted by atomic mass is 10.0. The zero-order chi connectivity index (χ0) is 23.4. The van der Waals surface area contributed by atoms with Crippen LogP contribution < -0.4 is 15.4 Å². The zero-order valence-electron chi connectivity index (χ0n) is 17.5. The van der Waals surface area contributed by atoms with E-state index >= 15 is 0 Å². The smallest absolute Gasteiger partial charge is 0.329 e. The van der Waals surface area contributed by atoms with Crippen molar-refractivity contribution in [3.8, 4) is 16.9 Å². The van der Waals surface area contributed by atoms with Crippen molar-refractivity contribution in [2.75, 3.05) is 19.0 Å². The number of nitrogens with zero attached hydrogens (tertiary/aromatic N) is 1. The molecule has 0 aliphatic carbocycles.